The Morgan fingerprint density at radius 2 is 1.95 bits per heavy atom. The van der Waals surface area contributed by atoms with Crippen LogP contribution < -0.4 is 5.32 Å². The van der Waals surface area contributed by atoms with E-state index in [1.807, 2.05) is 0 Å². The van der Waals surface area contributed by atoms with Crippen molar-refractivity contribution in [3.63, 3.8) is 0 Å². The van der Waals surface area contributed by atoms with Crippen molar-refractivity contribution in [2.45, 2.75) is 56.7 Å². The third-order valence-corrected chi connectivity index (χ3v) is 5.00. The number of likely N-dealkylation sites (tertiary alicyclic amines) is 2. The molecule has 3 fully saturated rings. The molecule has 5 heteroatoms. The molecule has 0 aromatic heterocycles. The lowest BCUT2D eigenvalue weighted by molar-refractivity contribution is -0.133. The van der Waals surface area contributed by atoms with Gasteiger partial charge in [-0.05, 0) is 45.2 Å². The van der Waals surface area contributed by atoms with Gasteiger partial charge in [-0.1, -0.05) is 6.42 Å². The molecule has 0 aromatic rings. The molecule has 20 heavy (non-hydrogen) atoms. The second-order valence-corrected chi connectivity index (χ2v) is 6.27. The van der Waals surface area contributed by atoms with Crippen molar-refractivity contribution in [1.29, 1.82) is 5.26 Å². The van der Waals surface area contributed by atoms with Gasteiger partial charge in [-0.25, -0.2) is 0 Å². The second kappa shape index (κ2) is 6.11. The standard InChI is InChI=1S/C15H24N4O/c16-10-12-5-4-8-19(12)15(20)14-9-13(11-17-14)18-6-2-1-3-7-18/h12-14,17H,1-9,11H2. The number of piperidine rings is 1. The molecule has 0 saturated carbocycles. The number of nitrogens with zero attached hydrogens (tertiary/aromatic N) is 3. The Balaban J connectivity index is 1.56. The quantitative estimate of drug-likeness (QED) is 0.807. The Bertz CT molecular complexity index is 399. The van der Waals surface area contributed by atoms with Crippen LogP contribution in [0.3, 0.4) is 0 Å². The number of carbonyl (C=O) groups excluding carboxylic acids is 1. The van der Waals surface area contributed by atoms with Gasteiger partial charge in [0.15, 0.2) is 0 Å². The fourth-order valence-corrected chi connectivity index (χ4v) is 3.83. The van der Waals surface area contributed by atoms with Gasteiger partial charge in [0, 0.05) is 19.1 Å². The molecular formula is C15H24N4O. The molecule has 3 saturated heterocycles. The molecule has 3 aliphatic rings. The van der Waals surface area contributed by atoms with Crippen LogP contribution in [0.15, 0.2) is 0 Å². The maximum absolute atomic E-state index is 12.5. The highest BCUT2D eigenvalue weighted by Crippen LogP contribution is 2.23. The summed E-state index contributed by atoms with van der Waals surface area (Å²) in [6.07, 6.45) is 6.64. The molecule has 0 spiro atoms. The Morgan fingerprint density at radius 3 is 2.70 bits per heavy atom. The van der Waals surface area contributed by atoms with Gasteiger partial charge in [0.05, 0.1) is 12.1 Å². The molecule has 3 unspecified atom stereocenters. The fourth-order valence-electron chi connectivity index (χ4n) is 3.83. The lowest BCUT2D eigenvalue weighted by atomic mass is 10.1. The number of nitrogens with one attached hydrogen (secondary N) is 1. The first-order chi connectivity index (χ1) is 9.79. The minimum Gasteiger partial charge on any atom is -0.325 e. The number of nitriles is 1. The highest BCUT2D eigenvalue weighted by atomic mass is 16.2. The highest BCUT2D eigenvalue weighted by Gasteiger charge is 2.38. The van der Waals surface area contributed by atoms with E-state index in [1.165, 1.54) is 32.4 Å². The van der Waals surface area contributed by atoms with E-state index < -0.39 is 0 Å². The van der Waals surface area contributed by atoms with Crippen LogP contribution >= 0.6 is 0 Å². The first-order valence-corrected chi connectivity index (χ1v) is 7.97. The van der Waals surface area contributed by atoms with Crippen LogP contribution in [0.5, 0.6) is 0 Å². The van der Waals surface area contributed by atoms with Crippen molar-refractivity contribution in [1.82, 2.24) is 15.1 Å². The largest absolute Gasteiger partial charge is 0.325 e. The van der Waals surface area contributed by atoms with Gasteiger partial charge in [0.25, 0.3) is 0 Å². The number of carbonyl (C=O) groups is 1. The third kappa shape index (κ3) is 2.68. The zero-order valence-electron chi connectivity index (χ0n) is 12.1. The maximum Gasteiger partial charge on any atom is 0.240 e. The molecule has 0 aromatic carbocycles. The molecule has 1 amide bonds. The molecule has 3 atom stereocenters. The van der Waals surface area contributed by atoms with Gasteiger partial charge >= 0.3 is 0 Å². The number of hydrogen-bond donors (Lipinski definition) is 1. The summed E-state index contributed by atoms with van der Waals surface area (Å²) in [5.74, 6) is 0.147. The number of hydrogen-bond acceptors (Lipinski definition) is 4. The van der Waals surface area contributed by atoms with Gasteiger partial charge in [0.1, 0.15) is 6.04 Å². The van der Waals surface area contributed by atoms with Crippen molar-refractivity contribution in [2.24, 2.45) is 0 Å². The molecule has 3 rings (SSSR count). The van der Waals surface area contributed by atoms with Crippen molar-refractivity contribution in [3.05, 3.63) is 0 Å². The lowest BCUT2D eigenvalue weighted by Crippen LogP contribution is -2.45. The summed E-state index contributed by atoms with van der Waals surface area (Å²) in [7, 11) is 0. The molecule has 3 aliphatic heterocycles. The van der Waals surface area contributed by atoms with Crippen molar-refractivity contribution in [3.8, 4) is 6.07 Å². The molecule has 3 heterocycles. The molecular weight excluding hydrogens is 252 g/mol. The normalized spacial score (nSPS) is 35.1. The van der Waals surface area contributed by atoms with Crippen LogP contribution in [-0.2, 0) is 4.79 Å². The van der Waals surface area contributed by atoms with Gasteiger partial charge in [-0.2, -0.15) is 5.26 Å². The van der Waals surface area contributed by atoms with Gasteiger partial charge in [-0.15, -0.1) is 0 Å². The molecule has 5 nitrogen and oxygen atoms in total. The molecule has 0 radical (unpaired) electrons. The van der Waals surface area contributed by atoms with Gasteiger partial charge in [0.2, 0.25) is 5.91 Å². The lowest BCUT2D eigenvalue weighted by Gasteiger charge is -2.31. The van der Waals surface area contributed by atoms with Crippen LogP contribution in [0.2, 0.25) is 0 Å². The zero-order valence-corrected chi connectivity index (χ0v) is 12.1. The highest BCUT2D eigenvalue weighted by molar-refractivity contribution is 5.83. The fraction of sp³-hybridized carbons (Fsp3) is 0.867. The molecule has 110 valence electrons. The SMILES string of the molecule is N#CC1CCCN1C(=O)C1CC(N2CCCCC2)CN1. The Labute approximate surface area is 120 Å². The predicted molar refractivity (Wildman–Crippen MR) is 76.0 cm³/mol. The third-order valence-electron chi connectivity index (χ3n) is 5.00. The van der Waals surface area contributed by atoms with E-state index in [2.05, 4.69) is 16.3 Å². The van der Waals surface area contributed by atoms with E-state index in [0.29, 0.717) is 6.04 Å². The minimum atomic E-state index is -0.196. The molecule has 0 aliphatic carbocycles. The average Bonchev–Trinajstić information content (AvgIpc) is 3.16. The minimum absolute atomic E-state index is 0.0733. The topological polar surface area (TPSA) is 59.4 Å². The van der Waals surface area contributed by atoms with E-state index in [4.69, 9.17) is 5.26 Å². The Morgan fingerprint density at radius 1 is 1.15 bits per heavy atom. The van der Waals surface area contributed by atoms with E-state index in [-0.39, 0.29) is 18.0 Å². The maximum atomic E-state index is 12.5. The van der Waals surface area contributed by atoms with E-state index in [0.717, 1.165) is 32.4 Å². The van der Waals surface area contributed by atoms with E-state index >= 15 is 0 Å². The second-order valence-electron chi connectivity index (χ2n) is 6.27. The summed E-state index contributed by atoms with van der Waals surface area (Å²) in [5.41, 5.74) is 0. The first kappa shape index (κ1) is 13.8. The van der Waals surface area contributed by atoms with E-state index in [9.17, 15) is 4.79 Å². The predicted octanol–water partition coefficient (Wildman–Crippen LogP) is 0.717. The van der Waals surface area contributed by atoms with Crippen LogP contribution in [0, 0.1) is 11.3 Å². The first-order valence-electron chi connectivity index (χ1n) is 7.97. The summed E-state index contributed by atoms with van der Waals surface area (Å²) in [6.45, 7) is 4.03. The molecule has 0 bridgehead atoms. The zero-order chi connectivity index (χ0) is 13.9. The van der Waals surface area contributed by atoms with Gasteiger partial charge < -0.3 is 10.2 Å². The van der Waals surface area contributed by atoms with Crippen molar-refractivity contribution in [2.75, 3.05) is 26.2 Å². The summed E-state index contributed by atoms with van der Waals surface area (Å²) in [6, 6.07) is 2.50. The van der Waals surface area contributed by atoms with Crippen molar-refractivity contribution < 1.29 is 4.79 Å². The Kier molecular flexibility index (Phi) is 4.23. The van der Waals surface area contributed by atoms with E-state index in [1.54, 1.807) is 4.90 Å². The number of amides is 1. The summed E-state index contributed by atoms with van der Waals surface area (Å²) < 4.78 is 0. The van der Waals surface area contributed by atoms with Gasteiger partial charge in [-0.3, -0.25) is 9.69 Å². The summed E-state index contributed by atoms with van der Waals surface area (Å²) in [5, 5.41) is 12.5. The summed E-state index contributed by atoms with van der Waals surface area (Å²) >= 11 is 0. The average molecular weight is 276 g/mol. The number of rotatable bonds is 2. The molecule has 1 N–H and O–H groups in total. The van der Waals surface area contributed by atoms with Crippen LogP contribution in [0.1, 0.15) is 38.5 Å². The summed E-state index contributed by atoms with van der Waals surface area (Å²) in [4.78, 5) is 16.9. The smallest absolute Gasteiger partial charge is 0.240 e. The Hall–Kier alpha value is -1.12. The monoisotopic (exact) mass is 276 g/mol. The van der Waals surface area contributed by atoms with Crippen LogP contribution in [0.25, 0.3) is 0 Å². The van der Waals surface area contributed by atoms with Crippen LogP contribution in [-0.4, -0.2) is 60.0 Å². The van der Waals surface area contributed by atoms with Crippen molar-refractivity contribution >= 4 is 5.91 Å². The van der Waals surface area contributed by atoms with Crippen LogP contribution in [0.4, 0.5) is 0 Å².